The number of hydroxylamine groups is 2. The summed E-state index contributed by atoms with van der Waals surface area (Å²) < 4.78 is 0. The summed E-state index contributed by atoms with van der Waals surface area (Å²) in [5, 5.41) is 29.8. The molecule has 1 saturated heterocycles. The standard InChI is InChI=1S/C13H12N4O3/c14-6-1-7-16-13(8-12(9-15)20-16)10-2-4-11(5-3-10)17(18)19/h2-5,12-13H,1,7-8H2/t12-,13+/m0/s1. The van der Waals surface area contributed by atoms with Crippen molar-refractivity contribution in [3.8, 4) is 12.1 Å². The maximum absolute atomic E-state index is 10.6. The van der Waals surface area contributed by atoms with E-state index >= 15 is 0 Å². The third-order valence-electron chi connectivity index (χ3n) is 3.12. The fraction of sp³-hybridized carbons (Fsp3) is 0.385. The molecule has 102 valence electrons. The molecule has 1 aromatic rings. The highest BCUT2D eigenvalue weighted by Gasteiger charge is 2.34. The van der Waals surface area contributed by atoms with Crippen LogP contribution >= 0.6 is 0 Å². The van der Waals surface area contributed by atoms with Gasteiger partial charge in [0.05, 0.1) is 29.5 Å². The van der Waals surface area contributed by atoms with Crippen LogP contribution in [0.3, 0.4) is 0 Å². The summed E-state index contributed by atoms with van der Waals surface area (Å²) in [6.07, 6.45) is 0.232. The van der Waals surface area contributed by atoms with Crippen LogP contribution in [-0.2, 0) is 4.84 Å². The van der Waals surface area contributed by atoms with Gasteiger partial charge in [-0.25, -0.2) is 0 Å². The Labute approximate surface area is 115 Å². The van der Waals surface area contributed by atoms with E-state index in [1.165, 1.54) is 12.1 Å². The van der Waals surface area contributed by atoms with Crippen LogP contribution in [0, 0.1) is 32.8 Å². The van der Waals surface area contributed by atoms with Crippen molar-refractivity contribution in [2.24, 2.45) is 0 Å². The maximum atomic E-state index is 10.6. The predicted molar refractivity (Wildman–Crippen MR) is 67.9 cm³/mol. The molecule has 0 radical (unpaired) electrons. The van der Waals surface area contributed by atoms with Gasteiger partial charge in [0.1, 0.15) is 0 Å². The second kappa shape index (κ2) is 6.11. The van der Waals surface area contributed by atoms with Gasteiger partial charge >= 0.3 is 0 Å². The minimum Gasteiger partial charge on any atom is -0.280 e. The minimum absolute atomic E-state index is 0.0214. The number of benzene rings is 1. The van der Waals surface area contributed by atoms with Gasteiger partial charge < -0.3 is 0 Å². The van der Waals surface area contributed by atoms with E-state index in [0.717, 1.165) is 5.56 Å². The Morgan fingerprint density at radius 3 is 2.65 bits per heavy atom. The Balaban J connectivity index is 2.18. The van der Waals surface area contributed by atoms with E-state index in [0.29, 0.717) is 19.4 Å². The number of nitriles is 2. The lowest BCUT2D eigenvalue weighted by atomic mass is 10.0. The van der Waals surface area contributed by atoms with Crippen molar-refractivity contribution >= 4 is 5.69 Å². The van der Waals surface area contributed by atoms with Gasteiger partial charge in [0, 0.05) is 25.1 Å². The lowest BCUT2D eigenvalue weighted by Crippen LogP contribution is -2.23. The van der Waals surface area contributed by atoms with Crippen molar-refractivity contribution in [2.45, 2.75) is 25.0 Å². The van der Waals surface area contributed by atoms with Crippen LogP contribution < -0.4 is 0 Å². The topological polar surface area (TPSA) is 103 Å². The summed E-state index contributed by atoms with van der Waals surface area (Å²) in [4.78, 5) is 15.6. The largest absolute Gasteiger partial charge is 0.280 e. The highest BCUT2D eigenvalue weighted by atomic mass is 16.7. The van der Waals surface area contributed by atoms with E-state index in [-0.39, 0.29) is 11.7 Å². The summed E-state index contributed by atoms with van der Waals surface area (Å²) in [5.41, 5.74) is 0.861. The average Bonchev–Trinajstić information content (AvgIpc) is 2.88. The molecule has 20 heavy (non-hydrogen) atoms. The minimum atomic E-state index is -0.547. The van der Waals surface area contributed by atoms with Crippen LogP contribution in [0.5, 0.6) is 0 Å². The SMILES string of the molecule is N#CCCN1O[C@H](C#N)C[C@@H]1c1ccc([N+](=O)[O-])cc1. The van der Waals surface area contributed by atoms with Crippen molar-refractivity contribution in [2.75, 3.05) is 6.54 Å². The fourth-order valence-electron chi connectivity index (χ4n) is 2.17. The van der Waals surface area contributed by atoms with Gasteiger partial charge in [-0.1, -0.05) is 12.1 Å². The molecule has 0 bridgehead atoms. The van der Waals surface area contributed by atoms with Crippen LogP contribution in [0.25, 0.3) is 0 Å². The highest BCUT2D eigenvalue weighted by Crippen LogP contribution is 2.34. The van der Waals surface area contributed by atoms with E-state index in [2.05, 4.69) is 0 Å². The van der Waals surface area contributed by atoms with Gasteiger partial charge in [-0.2, -0.15) is 15.6 Å². The van der Waals surface area contributed by atoms with Crippen molar-refractivity contribution < 1.29 is 9.76 Å². The highest BCUT2D eigenvalue weighted by molar-refractivity contribution is 5.34. The fourth-order valence-corrected chi connectivity index (χ4v) is 2.17. The second-order valence-electron chi connectivity index (χ2n) is 4.37. The molecule has 0 saturated carbocycles. The molecule has 1 heterocycles. The van der Waals surface area contributed by atoms with Gasteiger partial charge in [-0.05, 0) is 5.56 Å². The van der Waals surface area contributed by atoms with E-state index in [1.807, 2.05) is 12.1 Å². The molecule has 7 heteroatoms. The Morgan fingerprint density at radius 1 is 1.40 bits per heavy atom. The van der Waals surface area contributed by atoms with Crippen molar-refractivity contribution in [3.63, 3.8) is 0 Å². The summed E-state index contributed by atoms with van der Waals surface area (Å²) in [7, 11) is 0. The molecular formula is C13H12N4O3. The van der Waals surface area contributed by atoms with Crippen molar-refractivity contribution in [3.05, 3.63) is 39.9 Å². The third-order valence-corrected chi connectivity index (χ3v) is 3.12. The second-order valence-corrected chi connectivity index (χ2v) is 4.37. The molecule has 0 N–H and O–H groups in total. The van der Waals surface area contributed by atoms with Crippen LogP contribution in [-0.4, -0.2) is 22.6 Å². The van der Waals surface area contributed by atoms with Gasteiger partial charge in [-0.3, -0.25) is 15.0 Å². The molecule has 0 amide bonds. The van der Waals surface area contributed by atoms with Crippen LogP contribution in [0.15, 0.2) is 24.3 Å². The number of nitro benzene ring substituents is 1. The normalized spacial score (nSPS) is 22.1. The molecule has 0 aromatic heterocycles. The molecule has 1 aromatic carbocycles. The number of hydrogen-bond donors (Lipinski definition) is 0. The molecule has 1 aliphatic heterocycles. The summed E-state index contributed by atoms with van der Waals surface area (Å²) >= 11 is 0. The predicted octanol–water partition coefficient (Wildman–Crippen LogP) is 2.08. The van der Waals surface area contributed by atoms with E-state index < -0.39 is 11.0 Å². The molecule has 2 atom stereocenters. The smallest absolute Gasteiger partial charge is 0.269 e. The van der Waals surface area contributed by atoms with Crippen LogP contribution in [0.1, 0.15) is 24.4 Å². The van der Waals surface area contributed by atoms with E-state index in [1.54, 1.807) is 17.2 Å². The zero-order valence-corrected chi connectivity index (χ0v) is 10.6. The Hall–Kier alpha value is -2.48. The quantitative estimate of drug-likeness (QED) is 0.614. The molecule has 7 nitrogen and oxygen atoms in total. The zero-order valence-electron chi connectivity index (χ0n) is 10.6. The van der Waals surface area contributed by atoms with Crippen molar-refractivity contribution in [1.82, 2.24) is 5.06 Å². The Morgan fingerprint density at radius 2 is 2.10 bits per heavy atom. The molecular weight excluding hydrogens is 260 g/mol. The Bertz CT molecular complexity index is 573. The number of rotatable bonds is 4. The average molecular weight is 272 g/mol. The van der Waals surface area contributed by atoms with Crippen molar-refractivity contribution in [1.29, 1.82) is 10.5 Å². The lowest BCUT2D eigenvalue weighted by molar-refractivity contribution is -0.384. The van der Waals surface area contributed by atoms with E-state index in [4.69, 9.17) is 15.4 Å². The molecule has 0 unspecified atom stereocenters. The maximum Gasteiger partial charge on any atom is 0.269 e. The lowest BCUT2D eigenvalue weighted by Gasteiger charge is -2.21. The van der Waals surface area contributed by atoms with Crippen LogP contribution in [0.4, 0.5) is 5.69 Å². The monoisotopic (exact) mass is 272 g/mol. The molecule has 1 fully saturated rings. The molecule has 1 aliphatic rings. The zero-order chi connectivity index (χ0) is 14.5. The van der Waals surface area contributed by atoms with Crippen LogP contribution in [0.2, 0.25) is 0 Å². The summed E-state index contributed by atoms with van der Waals surface area (Å²) in [6, 6.07) is 10.1. The first-order chi connectivity index (χ1) is 9.65. The number of non-ortho nitro benzene ring substituents is 1. The molecule has 0 spiro atoms. The van der Waals surface area contributed by atoms with Gasteiger partial charge in [-0.15, -0.1) is 0 Å². The number of hydrogen-bond acceptors (Lipinski definition) is 6. The molecule has 0 aliphatic carbocycles. The Kier molecular flexibility index (Phi) is 4.26. The van der Waals surface area contributed by atoms with Gasteiger partial charge in [0.2, 0.25) is 0 Å². The van der Waals surface area contributed by atoms with E-state index in [9.17, 15) is 10.1 Å². The third kappa shape index (κ3) is 2.91. The first-order valence-corrected chi connectivity index (χ1v) is 6.10. The first-order valence-electron chi connectivity index (χ1n) is 6.10. The number of nitro groups is 1. The number of nitrogens with zero attached hydrogens (tertiary/aromatic N) is 4. The van der Waals surface area contributed by atoms with Gasteiger partial charge in [0.15, 0.2) is 6.10 Å². The van der Waals surface area contributed by atoms with Gasteiger partial charge in [0.25, 0.3) is 5.69 Å². The first kappa shape index (κ1) is 13.9. The molecule has 2 rings (SSSR count). The summed E-state index contributed by atoms with van der Waals surface area (Å²) in [6.45, 7) is 0.399. The summed E-state index contributed by atoms with van der Waals surface area (Å²) in [5.74, 6) is 0.